The molecule has 2 aromatic rings. The zero-order valence-corrected chi connectivity index (χ0v) is 17.2. The van der Waals surface area contributed by atoms with Crippen LogP contribution in [0, 0.1) is 12.8 Å². The molecule has 1 fully saturated rings. The fourth-order valence-corrected chi connectivity index (χ4v) is 3.52. The molecular formula is C23H29N3O3. The minimum Gasteiger partial charge on any atom is -0.494 e. The number of amides is 2. The summed E-state index contributed by atoms with van der Waals surface area (Å²) >= 11 is 0. The van der Waals surface area contributed by atoms with Crippen molar-refractivity contribution in [2.45, 2.75) is 39.5 Å². The molecule has 6 nitrogen and oxygen atoms in total. The van der Waals surface area contributed by atoms with Crippen LogP contribution in [0.2, 0.25) is 0 Å². The Morgan fingerprint density at radius 1 is 1.21 bits per heavy atom. The van der Waals surface area contributed by atoms with E-state index >= 15 is 0 Å². The van der Waals surface area contributed by atoms with E-state index in [1.54, 1.807) is 12.3 Å². The van der Waals surface area contributed by atoms with E-state index in [0.29, 0.717) is 38.4 Å². The third-order valence-corrected chi connectivity index (χ3v) is 5.17. The molecule has 1 saturated heterocycles. The van der Waals surface area contributed by atoms with Crippen molar-refractivity contribution in [3.8, 4) is 5.75 Å². The molecule has 1 N–H and O–H groups in total. The van der Waals surface area contributed by atoms with E-state index in [-0.39, 0.29) is 17.7 Å². The Labute approximate surface area is 172 Å². The van der Waals surface area contributed by atoms with E-state index in [2.05, 4.69) is 10.3 Å². The molecule has 1 atom stereocenters. The van der Waals surface area contributed by atoms with E-state index in [4.69, 9.17) is 4.74 Å². The predicted molar refractivity (Wildman–Crippen MR) is 113 cm³/mol. The normalized spacial score (nSPS) is 16.3. The number of carbonyl (C=O) groups is 2. The van der Waals surface area contributed by atoms with Crippen molar-refractivity contribution in [3.05, 3.63) is 53.7 Å². The fourth-order valence-electron chi connectivity index (χ4n) is 3.52. The van der Waals surface area contributed by atoms with Gasteiger partial charge < -0.3 is 15.0 Å². The van der Waals surface area contributed by atoms with E-state index in [9.17, 15) is 9.59 Å². The van der Waals surface area contributed by atoms with Gasteiger partial charge in [0.05, 0.1) is 12.5 Å². The van der Waals surface area contributed by atoms with Crippen molar-refractivity contribution in [3.63, 3.8) is 0 Å². The van der Waals surface area contributed by atoms with Crippen molar-refractivity contribution in [1.82, 2.24) is 9.88 Å². The maximum atomic E-state index is 12.7. The lowest BCUT2D eigenvalue weighted by Gasteiger charge is -2.32. The van der Waals surface area contributed by atoms with E-state index in [0.717, 1.165) is 29.7 Å². The Hall–Kier alpha value is -2.89. The van der Waals surface area contributed by atoms with Gasteiger partial charge in [0, 0.05) is 25.7 Å². The van der Waals surface area contributed by atoms with Gasteiger partial charge in [-0.2, -0.15) is 0 Å². The molecule has 1 aliphatic heterocycles. The molecule has 0 saturated carbocycles. The molecule has 2 amide bonds. The number of likely N-dealkylation sites (tertiary alicyclic amines) is 1. The number of benzene rings is 1. The lowest BCUT2D eigenvalue weighted by atomic mass is 9.96. The van der Waals surface area contributed by atoms with Gasteiger partial charge in [0.2, 0.25) is 11.8 Å². The van der Waals surface area contributed by atoms with E-state index in [1.807, 2.05) is 49.1 Å². The number of nitrogens with one attached hydrogen (secondary N) is 1. The van der Waals surface area contributed by atoms with Gasteiger partial charge in [-0.25, -0.2) is 4.98 Å². The number of aromatic nitrogens is 1. The van der Waals surface area contributed by atoms with Gasteiger partial charge in [-0.15, -0.1) is 0 Å². The highest BCUT2D eigenvalue weighted by atomic mass is 16.5. The van der Waals surface area contributed by atoms with Crippen molar-refractivity contribution in [1.29, 1.82) is 0 Å². The highest BCUT2D eigenvalue weighted by molar-refractivity contribution is 5.92. The first kappa shape index (κ1) is 20.8. The molecule has 29 heavy (non-hydrogen) atoms. The summed E-state index contributed by atoms with van der Waals surface area (Å²) in [6.07, 6.45) is 4.50. The molecule has 1 aliphatic rings. The van der Waals surface area contributed by atoms with E-state index < -0.39 is 0 Å². The number of hydrogen-bond donors (Lipinski definition) is 1. The molecule has 1 aromatic heterocycles. The number of aryl methyl sites for hydroxylation is 2. The molecule has 1 aromatic carbocycles. The van der Waals surface area contributed by atoms with Crippen LogP contribution in [0.4, 0.5) is 5.82 Å². The summed E-state index contributed by atoms with van der Waals surface area (Å²) in [6.45, 7) is 5.74. The number of carbonyl (C=O) groups excluding carboxylic acids is 2. The maximum Gasteiger partial charge on any atom is 0.230 e. The summed E-state index contributed by atoms with van der Waals surface area (Å²) in [6, 6.07) is 11.6. The highest BCUT2D eigenvalue weighted by Crippen LogP contribution is 2.20. The van der Waals surface area contributed by atoms with Crippen LogP contribution in [-0.2, 0) is 16.0 Å². The van der Waals surface area contributed by atoms with Crippen molar-refractivity contribution >= 4 is 17.6 Å². The second-order valence-electron chi connectivity index (χ2n) is 7.47. The van der Waals surface area contributed by atoms with Gasteiger partial charge in [0.25, 0.3) is 0 Å². The molecule has 0 bridgehead atoms. The van der Waals surface area contributed by atoms with Gasteiger partial charge in [-0.3, -0.25) is 9.59 Å². The van der Waals surface area contributed by atoms with Crippen LogP contribution in [0.25, 0.3) is 0 Å². The zero-order chi connectivity index (χ0) is 20.6. The van der Waals surface area contributed by atoms with E-state index in [1.165, 1.54) is 0 Å². The average molecular weight is 396 g/mol. The molecule has 6 heteroatoms. The minimum absolute atomic E-state index is 0.0645. The summed E-state index contributed by atoms with van der Waals surface area (Å²) in [7, 11) is 0. The Balaban J connectivity index is 1.49. The predicted octanol–water partition coefficient (Wildman–Crippen LogP) is 3.60. The Kier molecular flexibility index (Phi) is 7.22. The first-order valence-corrected chi connectivity index (χ1v) is 10.3. The number of ether oxygens (including phenoxy) is 1. The summed E-state index contributed by atoms with van der Waals surface area (Å²) in [5, 5.41) is 2.87. The van der Waals surface area contributed by atoms with Crippen LogP contribution >= 0.6 is 0 Å². The number of hydrogen-bond acceptors (Lipinski definition) is 4. The third kappa shape index (κ3) is 6.04. The van der Waals surface area contributed by atoms with Crippen LogP contribution < -0.4 is 10.1 Å². The molecule has 0 aliphatic carbocycles. The van der Waals surface area contributed by atoms with Crippen molar-refractivity contribution in [2.75, 3.05) is 25.0 Å². The molecule has 0 radical (unpaired) electrons. The zero-order valence-electron chi connectivity index (χ0n) is 17.2. The minimum atomic E-state index is -0.193. The second-order valence-corrected chi connectivity index (χ2v) is 7.47. The molecule has 0 spiro atoms. The van der Waals surface area contributed by atoms with Crippen molar-refractivity contribution < 1.29 is 14.3 Å². The average Bonchev–Trinajstić information content (AvgIpc) is 2.75. The molecule has 1 unspecified atom stereocenters. The van der Waals surface area contributed by atoms with Gasteiger partial charge >= 0.3 is 0 Å². The second kappa shape index (κ2) is 10.0. The maximum absolute atomic E-state index is 12.7. The summed E-state index contributed by atoms with van der Waals surface area (Å²) in [5.74, 6) is 1.24. The van der Waals surface area contributed by atoms with Gasteiger partial charge in [-0.1, -0.05) is 18.2 Å². The lowest BCUT2D eigenvalue weighted by molar-refractivity contribution is -0.134. The molecule has 3 rings (SSSR count). The van der Waals surface area contributed by atoms with Gasteiger partial charge in [0.1, 0.15) is 11.6 Å². The number of rotatable bonds is 7. The quantitative estimate of drug-likeness (QED) is 0.778. The monoisotopic (exact) mass is 395 g/mol. The Morgan fingerprint density at radius 2 is 2.00 bits per heavy atom. The molecule has 154 valence electrons. The third-order valence-electron chi connectivity index (χ3n) is 5.17. The van der Waals surface area contributed by atoms with Gasteiger partial charge in [-0.05, 0) is 62.4 Å². The SMILES string of the molecule is CCOc1ccc(CCC(=O)N2CCCC(C(=O)Nc3ccc(C)cn3)C2)cc1. The number of piperidine rings is 1. The first-order valence-electron chi connectivity index (χ1n) is 10.3. The topological polar surface area (TPSA) is 71.5 Å². The Bertz CT molecular complexity index is 818. The summed E-state index contributed by atoms with van der Waals surface area (Å²) in [4.78, 5) is 31.3. The summed E-state index contributed by atoms with van der Waals surface area (Å²) in [5.41, 5.74) is 2.16. The number of anilines is 1. The number of nitrogens with zero attached hydrogens (tertiary/aromatic N) is 2. The van der Waals surface area contributed by atoms with Crippen LogP contribution in [0.3, 0.4) is 0 Å². The first-order chi connectivity index (χ1) is 14.0. The van der Waals surface area contributed by atoms with Crippen LogP contribution in [0.5, 0.6) is 5.75 Å². The largest absolute Gasteiger partial charge is 0.494 e. The fraction of sp³-hybridized carbons (Fsp3) is 0.435. The van der Waals surface area contributed by atoms with Crippen LogP contribution in [0.15, 0.2) is 42.6 Å². The van der Waals surface area contributed by atoms with Crippen LogP contribution in [0.1, 0.15) is 37.3 Å². The van der Waals surface area contributed by atoms with Gasteiger partial charge in [0.15, 0.2) is 0 Å². The Morgan fingerprint density at radius 3 is 2.69 bits per heavy atom. The smallest absolute Gasteiger partial charge is 0.230 e. The highest BCUT2D eigenvalue weighted by Gasteiger charge is 2.28. The standard InChI is InChI=1S/C23H29N3O3/c1-3-29-20-10-7-18(8-11-20)9-13-22(27)26-14-4-5-19(16-26)23(28)25-21-12-6-17(2)15-24-21/h6-8,10-12,15,19H,3-5,9,13-14,16H2,1-2H3,(H,24,25,28). The van der Waals surface area contributed by atoms with Crippen molar-refractivity contribution in [2.24, 2.45) is 5.92 Å². The van der Waals surface area contributed by atoms with Crippen LogP contribution in [-0.4, -0.2) is 41.4 Å². The lowest BCUT2D eigenvalue weighted by Crippen LogP contribution is -2.43. The molecular weight excluding hydrogens is 366 g/mol. The number of pyridine rings is 1. The summed E-state index contributed by atoms with van der Waals surface area (Å²) < 4.78 is 5.45. The molecule has 2 heterocycles.